The number of fused-ring (bicyclic) bond motifs is 7. The molecule has 0 aliphatic heterocycles. The third-order valence-corrected chi connectivity index (χ3v) is 10.1. The van der Waals surface area contributed by atoms with Crippen molar-refractivity contribution in [3.05, 3.63) is 188 Å². The molecule has 0 bridgehead atoms. The number of benzene rings is 9. The largest absolute Gasteiger partial charge is 0.455 e. The molecule has 2 nitrogen and oxygen atoms in total. The van der Waals surface area contributed by atoms with E-state index in [1.165, 1.54) is 32.3 Å². The van der Waals surface area contributed by atoms with E-state index < -0.39 is 0 Å². The predicted molar refractivity (Wildman–Crippen MR) is 212 cm³/mol. The molecule has 1 aromatic heterocycles. The second-order valence-electron chi connectivity index (χ2n) is 12.9. The Balaban J connectivity index is 1.18. The summed E-state index contributed by atoms with van der Waals surface area (Å²) < 4.78 is 6.58. The molecule has 0 aliphatic carbocycles. The van der Waals surface area contributed by atoms with E-state index in [-0.39, 0.29) is 0 Å². The van der Waals surface area contributed by atoms with Crippen molar-refractivity contribution >= 4 is 71.3 Å². The van der Waals surface area contributed by atoms with E-state index in [0.29, 0.717) is 0 Å². The first-order chi connectivity index (χ1) is 24.8. The highest BCUT2D eigenvalue weighted by atomic mass is 16.3. The number of furan rings is 1. The molecule has 1 heterocycles. The Morgan fingerprint density at radius 1 is 0.340 bits per heavy atom. The van der Waals surface area contributed by atoms with Crippen LogP contribution in [0, 0.1) is 0 Å². The van der Waals surface area contributed by atoms with Crippen LogP contribution in [0.25, 0.3) is 76.5 Å². The Labute approximate surface area is 290 Å². The molecular weight excluding hydrogens is 607 g/mol. The van der Waals surface area contributed by atoms with E-state index in [4.69, 9.17) is 4.42 Å². The molecule has 0 radical (unpaired) electrons. The monoisotopic (exact) mass is 637 g/mol. The molecule has 0 fully saturated rings. The molecular formula is C48H31NO. The average Bonchev–Trinajstić information content (AvgIpc) is 3.58. The summed E-state index contributed by atoms with van der Waals surface area (Å²) in [5.41, 5.74) is 9.75. The first-order valence-electron chi connectivity index (χ1n) is 17.1. The van der Waals surface area contributed by atoms with Crippen LogP contribution in [0.4, 0.5) is 17.1 Å². The summed E-state index contributed by atoms with van der Waals surface area (Å²) in [4.78, 5) is 2.42. The topological polar surface area (TPSA) is 16.4 Å². The fourth-order valence-electron chi connectivity index (χ4n) is 7.73. The van der Waals surface area contributed by atoms with Gasteiger partial charge in [-0.3, -0.25) is 0 Å². The minimum absolute atomic E-state index is 0.898. The molecule has 0 spiro atoms. The molecule has 10 rings (SSSR count). The van der Waals surface area contributed by atoms with Crippen molar-refractivity contribution in [2.75, 3.05) is 4.90 Å². The third-order valence-electron chi connectivity index (χ3n) is 10.1. The first kappa shape index (κ1) is 28.4. The third kappa shape index (κ3) is 4.50. The number of nitrogens with zero attached hydrogens (tertiary/aromatic N) is 1. The van der Waals surface area contributed by atoms with E-state index >= 15 is 0 Å². The highest BCUT2D eigenvalue weighted by Gasteiger charge is 2.20. The van der Waals surface area contributed by atoms with Gasteiger partial charge in [-0.2, -0.15) is 0 Å². The van der Waals surface area contributed by atoms with Gasteiger partial charge in [0.15, 0.2) is 0 Å². The molecule has 0 atom stereocenters. The fourth-order valence-corrected chi connectivity index (χ4v) is 7.73. The van der Waals surface area contributed by atoms with Gasteiger partial charge in [0.05, 0.1) is 11.4 Å². The molecule has 50 heavy (non-hydrogen) atoms. The van der Waals surface area contributed by atoms with Crippen molar-refractivity contribution in [2.24, 2.45) is 0 Å². The van der Waals surface area contributed by atoms with Crippen LogP contribution in [0.15, 0.2) is 192 Å². The van der Waals surface area contributed by atoms with Crippen LogP contribution in [0.3, 0.4) is 0 Å². The first-order valence-corrected chi connectivity index (χ1v) is 17.1. The van der Waals surface area contributed by atoms with Crippen molar-refractivity contribution < 1.29 is 4.42 Å². The second-order valence-corrected chi connectivity index (χ2v) is 12.9. The maximum Gasteiger partial charge on any atom is 0.143 e. The SMILES string of the molecule is c1ccc(-c2ccc(-c3ccc(N(c4cccc5ccccc45)c4cccc5c4ccc4ccccc45)cc3)c3c2oc2ccccc23)cc1. The van der Waals surface area contributed by atoms with E-state index in [2.05, 4.69) is 187 Å². The summed E-state index contributed by atoms with van der Waals surface area (Å²) in [6.45, 7) is 0. The van der Waals surface area contributed by atoms with Crippen LogP contribution < -0.4 is 4.90 Å². The van der Waals surface area contributed by atoms with Gasteiger partial charge in [-0.15, -0.1) is 0 Å². The molecule has 234 valence electrons. The lowest BCUT2D eigenvalue weighted by Gasteiger charge is -2.28. The van der Waals surface area contributed by atoms with Gasteiger partial charge in [0.1, 0.15) is 11.2 Å². The predicted octanol–water partition coefficient (Wildman–Crippen LogP) is 13.8. The number of para-hydroxylation sites is 1. The Bertz CT molecular complexity index is 2860. The van der Waals surface area contributed by atoms with E-state index in [9.17, 15) is 0 Å². The Kier molecular flexibility index (Phi) is 6.53. The van der Waals surface area contributed by atoms with Crippen LogP contribution in [-0.4, -0.2) is 0 Å². The number of hydrogen-bond acceptors (Lipinski definition) is 2. The normalized spacial score (nSPS) is 11.6. The van der Waals surface area contributed by atoms with E-state index in [1.54, 1.807) is 0 Å². The van der Waals surface area contributed by atoms with Gasteiger partial charge in [-0.1, -0.05) is 152 Å². The van der Waals surface area contributed by atoms with Gasteiger partial charge in [0.25, 0.3) is 0 Å². The summed E-state index contributed by atoms with van der Waals surface area (Å²) in [5, 5.41) is 9.65. The lowest BCUT2D eigenvalue weighted by Crippen LogP contribution is -2.11. The van der Waals surface area contributed by atoms with Gasteiger partial charge in [0, 0.05) is 32.8 Å². The zero-order chi connectivity index (χ0) is 33.0. The minimum Gasteiger partial charge on any atom is -0.455 e. The van der Waals surface area contributed by atoms with Crippen molar-refractivity contribution in [3.63, 3.8) is 0 Å². The van der Waals surface area contributed by atoms with Crippen molar-refractivity contribution in [1.82, 2.24) is 0 Å². The Hall–Kier alpha value is -6.64. The molecule has 2 heteroatoms. The molecule has 10 aromatic rings. The van der Waals surface area contributed by atoms with Crippen LogP contribution in [-0.2, 0) is 0 Å². The molecule has 0 aliphatic rings. The summed E-state index contributed by atoms with van der Waals surface area (Å²) >= 11 is 0. The summed E-state index contributed by atoms with van der Waals surface area (Å²) in [6, 6.07) is 67.4. The number of anilines is 3. The highest BCUT2D eigenvalue weighted by Crippen LogP contribution is 2.45. The maximum atomic E-state index is 6.58. The summed E-state index contributed by atoms with van der Waals surface area (Å²) in [6.07, 6.45) is 0. The standard InChI is InChI=1S/C48H31NO/c1-2-12-33(13-3-1)40-31-30-39(47-43-19-8-9-23-46(43)50-48(40)47)35-24-27-36(28-25-35)49(44-21-10-16-32-14-5-7-18-38(32)44)45-22-11-20-41-37-17-6-4-15-34(37)26-29-42(41)45/h1-31H. The Morgan fingerprint density at radius 3 is 1.74 bits per heavy atom. The Morgan fingerprint density at radius 2 is 0.920 bits per heavy atom. The molecule has 0 N–H and O–H groups in total. The van der Waals surface area contributed by atoms with E-state index in [1.807, 2.05) is 6.07 Å². The quantitative estimate of drug-likeness (QED) is 0.175. The van der Waals surface area contributed by atoms with Crippen molar-refractivity contribution in [1.29, 1.82) is 0 Å². The van der Waals surface area contributed by atoms with Gasteiger partial charge in [0.2, 0.25) is 0 Å². The van der Waals surface area contributed by atoms with Crippen LogP contribution in [0.2, 0.25) is 0 Å². The molecule has 9 aromatic carbocycles. The molecule has 0 saturated heterocycles. The minimum atomic E-state index is 0.898. The van der Waals surface area contributed by atoms with Crippen LogP contribution >= 0.6 is 0 Å². The summed E-state index contributed by atoms with van der Waals surface area (Å²) in [7, 11) is 0. The van der Waals surface area contributed by atoms with Crippen LogP contribution in [0.1, 0.15) is 0 Å². The number of hydrogen-bond donors (Lipinski definition) is 0. The zero-order valence-electron chi connectivity index (χ0n) is 27.3. The lowest BCUT2D eigenvalue weighted by molar-refractivity contribution is 0.670. The smallest absolute Gasteiger partial charge is 0.143 e. The lowest BCUT2D eigenvalue weighted by atomic mass is 9.94. The summed E-state index contributed by atoms with van der Waals surface area (Å²) in [5.74, 6) is 0. The fraction of sp³-hybridized carbons (Fsp3) is 0. The molecule has 0 amide bonds. The second kappa shape index (κ2) is 11.5. The molecule has 0 unspecified atom stereocenters. The maximum absolute atomic E-state index is 6.58. The average molecular weight is 638 g/mol. The van der Waals surface area contributed by atoms with Gasteiger partial charge in [-0.25, -0.2) is 0 Å². The van der Waals surface area contributed by atoms with Crippen molar-refractivity contribution in [2.45, 2.75) is 0 Å². The zero-order valence-corrected chi connectivity index (χ0v) is 27.3. The van der Waals surface area contributed by atoms with Gasteiger partial charge in [-0.05, 0) is 74.6 Å². The highest BCUT2D eigenvalue weighted by molar-refractivity contribution is 6.17. The van der Waals surface area contributed by atoms with Gasteiger partial charge >= 0.3 is 0 Å². The van der Waals surface area contributed by atoms with E-state index in [0.717, 1.165) is 61.3 Å². The number of rotatable bonds is 5. The van der Waals surface area contributed by atoms with Crippen molar-refractivity contribution in [3.8, 4) is 22.3 Å². The van der Waals surface area contributed by atoms with Gasteiger partial charge < -0.3 is 9.32 Å². The van der Waals surface area contributed by atoms with Crippen LogP contribution in [0.5, 0.6) is 0 Å². The molecule has 0 saturated carbocycles.